The molecule has 28 heavy (non-hydrogen) atoms. The van der Waals surface area contributed by atoms with Crippen LogP contribution >= 0.6 is 0 Å². The molecule has 0 saturated heterocycles. The first-order valence-electron chi connectivity index (χ1n) is 9.89. The first-order chi connectivity index (χ1) is 13.7. The van der Waals surface area contributed by atoms with E-state index in [0.717, 1.165) is 47.2 Å². The number of para-hydroxylation sites is 1. The summed E-state index contributed by atoms with van der Waals surface area (Å²) in [4.78, 5) is 8.70. The van der Waals surface area contributed by atoms with Crippen LogP contribution in [0.15, 0.2) is 60.9 Å². The molecule has 4 rings (SSSR count). The number of nitrogens with one attached hydrogen (secondary N) is 1. The molecule has 3 aromatic rings. The Morgan fingerprint density at radius 2 is 1.71 bits per heavy atom. The Bertz CT molecular complexity index is 912. The normalized spacial score (nSPS) is 19.2. The summed E-state index contributed by atoms with van der Waals surface area (Å²) in [6, 6.07) is 18.1. The number of nitrogens with zero attached hydrogens (tertiary/aromatic N) is 2. The molecule has 2 atom stereocenters. The van der Waals surface area contributed by atoms with Gasteiger partial charge in [0.15, 0.2) is 0 Å². The van der Waals surface area contributed by atoms with Gasteiger partial charge in [0.1, 0.15) is 29.5 Å². The lowest BCUT2D eigenvalue weighted by atomic mass is 9.87. The van der Waals surface area contributed by atoms with E-state index in [4.69, 9.17) is 10.5 Å². The van der Waals surface area contributed by atoms with E-state index in [0.29, 0.717) is 11.9 Å². The summed E-state index contributed by atoms with van der Waals surface area (Å²) in [7, 11) is 0. The van der Waals surface area contributed by atoms with Crippen molar-refractivity contribution >= 4 is 11.6 Å². The van der Waals surface area contributed by atoms with Crippen molar-refractivity contribution in [3.05, 3.63) is 60.9 Å². The van der Waals surface area contributed by atoms with Crippen molar-refractivity contribution in [2.45, 2.75) is 38.6 Å². The molecule has 0 unspecified atom stereocenters. The molecule has 1 heterocycles. The highest BCUT2D eigenvalue weighted by Gasteiger charge is 2.21. The van der Waals surface area contributed by atoms with Gasteiger partial charge in [-0.25, -0.2) is 9.97 Å². The highest BCUT2D eigenvalue weighted by molar-refractivity contribution is 5.83. The Balaban J connectivity index is 1.56. The molecular formula is C23H26N4O. The highest BCUT2D eigenvalue weighted by atomic mass is 16.5. The molecular weight excluding hydrogens is 348 g/mol. The number of anilines is 2. The average Bonchev–Trinajstić information content (AvgIpc) is 2.70. The predicted octanol–water partition coefficient (Wildman–Crippen LogP) is 5.51. The topological polar surface area (TPSA) is 73.1 Å². The maximum atomic E-state index is 6.23. The monoisotopic (exact) mass is 374 g/mol. The minimum atomic E-state index is 0.428. The second-order valence-electron chi connectivity index (χ2n) is 7.54. The first-order valence-corrected chi connectivity index (χ1v) is 9.89. The van der Waals surface area contributed by atoms with E-state index in [2.05, 4.69) is 22.2 Å². The van der Waals surface area contributed by atoms with Gasteiger partial charge in [0.05, 0.1) is 5.56 Å². The number of hydrogen-bond acceptors (Lipinski definition) is 5. The number of benzene rings is 2. The Labute approximate surface area is 166 Å². The van der Waals surface area contributed by atoms with Crippen LogP contribution in [0.3, 0.4) is 0 Å². The second kappa shape index (κ2) is 8.30. The smallest absolute Gasteiger partial charge is 0.139 e. The van der Waals surface area contributed by atoms with E-state index >= 15 is 0 Å². The van der Waals surface area contributed by atoms with Crippen molar-refractivity contribution in [3.8, 4) is 22.6 Å². The second-order valence-corrected chi connectivity index (χ2v) is 7.54. The summed E-state index contributed by atoms with van der Waals surface area (Å²) in [5.74, 6) is 3.62. The van der Waals surface area contributed by atoms with Gasteiger partial charge in [-0.2, -0.15) is 0 Å². The molecule has 5 heteroatoms. The molecule has 2 aromatic carbocycles. The van der Waals surface area contributed by atoms with Crippen molar-refractivity contribution in [2.24, 2.45) is 5.92 Å². The van der Waals surface area contributed by atoms with Crippen LogP contribution in [-0.4, -0.2) is 16.0 Å². The highest BCUT2D eigenvalue weighted by Crippen LogP contribution is 2.34. The zero-order valence-corrected chi connectivity index (χ0v) is 16.1. The fourth-order valence-corrected chi connectivity index (χ4v) is 3.87. The molecule has 1 fully saturated rings. The summed E-state index contributed by atoms with van der Waals surface area (Å²) in [5, 5.41) is 3.61. The standard InChI is InChI=1S/C23H26N4O/c1-16-6-5-7-18(14-16)27-23-21(22(24)25-15-26-23)17-10-12-20(13-11-17)28-19-8-3-2-4-9-19/h2-4,8-13,15-16,18H,5-7,14H2,1H3,(H3,24,25,26,27)/t16-,18+/m0/s1. The van der Waals surface area contributed by atoms with Crippen LogP contribution in [0.5, 0.6) is 11.5 Å². The number of ether oxygens (including phenoxy) is 1. The van der Waals surface area contributed by atoms with Crippen molar-refractivity contribution in [1.29, 1.82) is 0 Å². The SMILES string of the molecule is C[C@H]1CCC[C@@H](Nc2ncnc(N)c2-c2ccc(Oc3ccccc3)cc2)C1. The van der Waals surface area contributed by atoms with E-state index in [1.807, 2.05) is 54.6 Å². The first kappa shape index (κ1) is 18.3. The molecule has 1 aliphatic rings. The molecule has 1 aromatic heterocycles. The lowest BCUT2D eigenvalue weighted by Gasteiger charge is -2.28. The Hall–Kier alpha value is -3.08. The molecule has 0 spiro atoms. The van der Waals surface area contributed by atoms with Crippen LogP contribution in [0, 0.1) is 5.92 Å². The van der Waals surface area contributed by atoms with Crippen LogP contribution < -0.4 is 15.8 Å². The van der Waals surface area contributed by atoms with E-state index in [1.165, 1.54) is 19.2 Å². The molecule has 1 aliphatic carbocycles. The van der Waals surface area contributed by atoms with Gasteiger partial charge in [-0.3, -0.25) is 0 Å². The van der Waals surface area contributed by atoms with Gasteiger partial charge in [0, 0.05) is 6.04 Å². The van der Waals surface area contributed by atoms with E-state index in [9.17, 15) is 0 Å². The molecule has 1 saturated carbocycles. The van der Waals surface area contributed by atoms with Crippen LogP contribution in [-0.2, 0) is 0 Å². The summed E-state index contributed by atoms with van der Waals surface area (Å²) >= 11 is 0. The molecule has 3 N–H and O–H groups in total. The van der Waals surface area contributed by atoms with E-state index < -0.39 is 0 Å². The summed E-state index contributed by atoms with van der Waals surface area (Å²) in [6.45, 7) is 2.31. The van der Waals surface area contributed by atoms with Crippen molar-refractivity contribution in [1.82, 2.24) is 9.97 Å². The number of nitrogens with two attached hydrogens (primary N) is 1. The lowest BCUT2D eigenvalue weighted by molar-refractivity contribution is 0.358. The Morgan fingerprint density at radius 3 is 2.46 bits per heavy atom. The predicted molar refractivity (Wildman–Crippen MR) is 113 cm³/mol. The Kier molecular flexibility index (Phi) is 5.42. The summed E-state index contributed by atoms with van der Waals surface area (Å²) < 4.78 is 5.88. The van der Waals surface area contributed by atoms with Crippen molar-refractivity contribution in [2.75, 3.05) is 11.1 Å². The Morgan fingerprint density at radius 1 is 0.964 bits per heavy atom. The third kappa shape index (κ3) is 4.25. The minimum absolute atomic E-state index is 0.428. The van der Waals surface area contributed by atoms with E-state index in [-0.39, 0.29) is 0 Å². The zero-order chi connectivity index (χ0) is 19.3. The van der Waals surface area contributed by atoms with Crippen molar-refractivity contribution in [3.63, 3.8) is 0 Å². The van der Waals surface area contributed by atoms with Gasteiger partial charge in [0.25, 0.3) is 0 Å². The third-order valence-corrected chi connectivity index (χ3v) is 5.28. The molecule has 0 radical (unpaired) electrons. The van der Waals surface area contributed by atoms with Crippen LogP contribution in [0.25, 0.3) is 11.1 Å². The summed E-state index contributed by atoms with van der Waals surface area (Å²) in [5.41, 5.74) is 8.06. The van der Waals surface area contributed by atoms with Crippen LogP contribution in [0.1, 0.15) is 32.6 Å². The maximum absolute atomic E-state index is 6.23. The van der Waals surface area contributed by atoms with Gasteiger partial charge in [-0.05, 0) is 48.6 Å². The number of nitrogen functional groups attached to an aromatic ring is 1. The molecule has 5 nitrogen and oxygen atoms in total. The fraction of sp³-hybridized carbons (Fsp3) is 0.304. The van der Waals surface area contributed by atoms with Gasteiger partial charge in [-0.1, -0.05) is 50.1 Å². The quantitative estimate of drug-likeness (QED) is 0.616. The molecule has 0 bridgehead atoms. The summed E-state index contributed by atoms with van der Waals surface area (Å²) in [6.07, 6.45) is 6.41. The van der Waals surface area contributed by atoms with Gasteiger partial charge in [0.2, 0.25) is 0 Å². The molecule has 144 valence electrons. The maximum Gasteiger partial charge on any atom is 0.139 e. The number of rotatable bonds is 5. The van der Waals surface area contributed by atoms with Crippen LogP contribution in [0.4, 0.5) is 11.6 Å². The van der Waals surface area contributed by atoms with Crippen molar-refractivity contribution < 1.29 is 4.74 Å². The lowest BCUT2D eigenvalue weighted by Crippen LogP contribution is -2.27. The zero-order valence-electron chi connectivity index (χ0n) is 16.1. The van der Waals surface area contributed by atoms with Gasteiger partial charge < -0.3 is 15.8 Å². The minimum Gasteiger partial charge on any atom is -0.457 e. The molecule has 0 amide bonds. The third-order valence-electron chi connectivity index (χ3n) is 5.28. The average molecular weight is 374 g/mol. The van der Waals surface area contributed by atoms with Crippen LogP contribution in [0.2, 0.25) is 0 Å². The van der Waals surface area contributed by atoms with Gasteiger partial charge >= 0.3 is 0 Å². The number of aromatic nitrogens is 2. The fourth-order valence-electron chi connectivity index (χ4n) is 3.87. The largest absolute Gasteiger partial charge is 0.457 e. The van der Waals surface area contributed by atoms with E-state index in [1.54, 1.807) is 0 Å². The van der Waals surface area contributed by atoms with Gasteiger partial charge in [-0.15, -0.1) is 0 Å². The number of hydrogen-bond donors (Lipinski definition) is 2. The molecule has 0 aliphatic heterocycles.